The molecule has 0 saturated carbocycles. The van der Waals surface area contributed by atoms with E-state index in [4.69, 9.17) is 16.3 Å². The maximum Gasteiger partial charge on any atom is 0.276 e. The van der Waals surface area contributed by atoms with Crippen LogP contribution >= 0.6 is 23.1 Å². The maximum atomic E-state index is 12.9. The molecule has 0 bridgehead atoms. The summed E-state index contributed by atoms with van der Waals surface area (Å²) in [6, 6.07) is 2.17. The van der Waals surface area contributed by atoms with Gasteiger partial charge in [-0.2, -0.15) is 0 Å². The van der Waals surface area contributed by atoms with Gasteiger partial charge in [-0.1, -0.05) is 11.2 Å². The Morgan fingerprint density at radius 3 is 2.70 bits per heavy atom. The number of hydrogen-bond donors (Lipinski definition) is 3. The third-order valence-electron chi connectivity index (χ3n) is 5.45. The molecule has 2 aromatic heterocycles. The highest BCUT2D eigenvalue weighted by Gasteiger charge is 2.53. The average molecular weight is 544 g/mol. The fraction of sp³-hybridized carbons (Fsp3) is 0.227. The number of β-lactam (4-membered cyclic amide) rings is 1. The number of hydrogen-bond acceptors (Lipinski definition) is 11. The Balaban J connectivity index is 1.47. The second-order valence-electron chi connectivity index (χ2n) is 7.77. The molecule has 2 atom stereocenters. The van der Waals surface area contributed by atoms with Crippen LogP contribution < -0.4 is 26.5 Å². The minimum absolute atomic E-state index is 0.164. The number of anilines is 1. The molecule has 2 aliphatic rings. The van der Waals surface area contributed by atoms with Gasteiger partial charge in [-0.3, -0.25) is 19.3 Å². The third kappa shape index (κ3) is 5.31. The van der Waals surface area contributed by atoms with Crippen LogP contribution in [0.1, 0.15) is 16.1 Å². The van der Waals surface area contributed by atoms with Crippen LogP contribution in [0.25, 0.3) is 0 Å². The van der Waals surface area contributed by atoms with Gasteiger partial charge in [-0.05, 0) is 11.6 Å². The second kappa shape index (κ2) is 10.8. The quantitative estimate of drug-likeness (QED) is 0.140. The maximum absolute atomic E-state index is 12.9. The Kier molecular flexibility index (Phi) is 7.54. The van der Waals surface area contributed by atoms with E-state index < -0.39 is 35.1 Å². The van der Waals surface area contributed by atoms with Gasteiger partial charge < -0.3 is 31.5 Å². The van der Waals surface area contributed by atoms with Gasteiger partial charge in [0.1, 0.15) is 24.2 Å². The van der Waals surface area contributed by atoms with E-state index in [1.54, 1.807) is 41.2 Å². The number of rotatable bonds is 9. The van der Waals surface area contributed by atoms with Gasteiger partial charge >= 0.3 is 0 Å². The first-order chi connectivity index (χ1) is 17.7. The minimum atomic E-state index is -1.50. The second-order valence-corrected chi connectivity index (χ2v) is 9.76. The van der Waals surface area contributed by atoms with E-state index in [9.17, 15) is 24.3 Å². The molecule has 2 aromatic rings. The van der Waals surface area contributed by atoms with Crippen LogP contribution in [0, 0.1) is 0 Å². The highest BCUT2D eigenvalue weighted by molar-refractivity contribution is 8.00. The van der Waals surface area contributed by atoms with Crippen LogP contribution in [-0.4, -0.2) is 63.6 Å². The SMILES string of the molecule is CO/N=C(\C(=O)NC1C(=O)N2C(C(=O)[O-])=C(C=CC[n+]3ccc(C(N)=O)cc3)CS[C@@H]12)c1csc(N)n1. The third-order valence-corrected chi connectivity index (χ3v) is 7.43. The number of amides is 3. The van der Waals surface area contributed by atoms with Gasteiger partial charge in [0, 0.05) is 23.3 Å². The van der Waals surface area contributed by atoms with Gasteiger partial charge in [0.25, 0.3) is 11.8 Å². The van der Waals surface area contributed by atoms with Crippen LogP contribution in [0.2, 0.25) is 0 Å². The predicted octanol–water partition coefficient (Wildman–Crippen LogP) is -1.88. The number of carboxylic acids is 1. The first kappa shape index (κ1) is 25.8. The van der Waals surface area contributed by atoms with Crippen molar-refractivity contribution in [1.82, 2.24) is 15.2 Å². The molecule has 1 unspecified atom stereocenters. The molecule has 0 spiro atoms. The van der Waals surface area contributed by atoms with E-state index in [1.807, 2.05) is 0 Å². The molecule has 4 heterocycles. The number of fused-ring (bicyclic) bond motifs is 1. The predicted molar refractivity (Wildman–Crippen MR) is 131 cm³/mol. The lowest BCUT2D eigenvalue weighted by Crippen LogP contribution is -2.71. The summed E-state index contributed by atoms with van der Waals surface area (Å²) in [5.74, 6) is -3.07. The molecule has 1 saturated heterocycles. The standard InChI is InChI=1S/C22H21N7O6S2/c1-35-27-14(13-10-37-22(24)25-13)18(31)26-15-19(32)29-16(21(33)34)12(9-36-20(15)29)3-2-6-28-7-4-11(5-8-28)17(23)30/h2-5,7-8,10,15,20H,6,9H2,1H3,(H5-,23,24,25,26,30,31,33,34)/b3-2?,27-14-/t15?,20-/m0/s1. The van der Waals surface area contributed by atoms with Gasteiger partial charge in [-0.15, -0.1) is 23.1 Å². The number of thioether (sulfide) groups is 1. The van der Waals surface area contributed by atoms with Gasteiger partial charge in [-0.25, -0.2) is 9.55 Å². The molecule has 0 radical (unpaired) electrons. The van der Waals surface area contributed by atoms with E-state index in [-0.39, 0.29) is 28.0 Å². The molecule has 37 heavy (non-hydrogen) atoms. The summed E-state index contributed by atoms with van der Waals surface area (Å²) in [5.41, 5.74) is 11.4. The largest absolute Gasteiger partial charge is 0.543 e. The number of carbonyl (C=O) groups excluding carboxylic acids is 4. The van der Waals surface area contributed by atoms with Crippen molar-refractivity contribution in [3.8, 4) is 0 Å². The van der Waals surface area contributed by atoms with Crippen LogP contribution in [0.5, 0.6) is 0 Å². The lowest BCUT2D eigenvalue weighted by molar-refractivity contribution is -0.687. The monoisotopic (exact) mass is 543 g/mol. The van der Waals surface area contributed by atoms with Gasteiger partial charge in [0.05, 0.1) is 17.2 Å². The fourth-order valence-corrected chi connectivity index (χ4v) is 5.59. The van der Waals surface area contributed by atoms with Crippen LogP contribution in [0.3, 0.4) is 0 Å². The first-order valence-corrected chi connectivity index (χ1v) is 12.6. The number of thiazole rings is 1. The van der Waals surface area contributed by atoms with Crippen LogP contribution in [-0.2, 0) is 25.8 Å². The summed E-state index contributed by atoms with van der Waals surface area (Å²) in [6.07, 6.45) is 6.66. The number of carbonyl (C=O) groups is 4. The van der Waals surface area contributed by atoms with Crippen molar-refractivity contribution in [2.75, 3.05) is 18.6 Å². The van der Waals surface area contributed by atoms with Crippen molar-refractivity contribution in [3.05, 3.63) is 64.6 Å². The van der Waals surface area contributed by atoms with Crippen molar-refractivity contribution in [3.63, 3.8) is 0 Å². The van der Waals surface area contributed by atoms with Crippen LogP contribution in [0.15, 0.2) is 58.5 Å². The van der Waals surface area contributed by atoms with E-state index in [0.717, 1.165) is 16.2 Å². The summed E-state index contributed by atoms with van der Waals surface area (Å²) >= 11 is 2.41. The summed E-state index contributed by atoms with van der Waals surface area (Å²) in [6.45, 7) is 0.381. The summed E-state index contributed by atoms with van der Waals surface area (Å²) < 4.78 is 1.76. The summed E-state index contributed by atoms with van der Waals surface area (Å²) in [4.78, 5) is 58.7. The number of aromatic nitrogens is 2. The highest BCUT2D eigenvalue weighted by atomic mass is 32.2. The molecule has 4 rings (SSSR count). The van der Waals surface area contributed by atoms with Crippen LogP contribution in [0.4, 0.5) is 5.13 Å². The van der Waals surface area contributed by atoms with Crippen molar-refractivity contribution >= 4 is 57.6 Å². The zero-order valence-corrected chi connectivity index (χ0v) is 21.0. The molecule has 0 aliphatic carbocycles. The number of primary amides is 1. The number of nitrogens with one attached hydrogen (secondary N) is 1. The van der Waals surface area contributed by atoms with Gasteiger partial charge in [0.15, 0.2) is 29.8 Å². The molecule has 13 nitrogen and oxygen atoms in total. The normalized spacial score (nSPS) is 19.4. The number of carboxylic acid groups (broad SMARTS) is 1. The van der Waals surface area contributed by atoms with E-state index >= 15 is 0 Å². The minimum Gasteiger partial charge on any atom is -0.543 e. The molecule has 0 aromatic carbocycles. The highest BCUT2D eigenvalue weighted by Crippen LogP contribution is 2.40. The number of allylic oxidation sites excluding steroid dienone is 2. The van der Waals surface area contributed by atoms with E-state index in [1.165, 1.54) is 24.3 Å². The Labute approximate surface area is 218 Å². The summed E-state index contributed by atoms with van der Waals surface area (Å²) in [7, 11) is 1.26. The topological polar surface area (TPSA) is 197 Å². The lowest BCUT2D eigenvalue weighted by Gasteiger charge is -2.50. The Morgan fingerprint density at radius 2 is 2.11 bits per heavy atom. The van der Waals surface area contributed by atoms with Crippen molar-refractivity contribution in [2.24, 2.45) is 10.9 Å². The molecule has 1 fully saturated rings. The number of nitrogen functional groups attached to an aromatic ring is 1. The Bertz CT molecular complexity index is 1350. The molecular weight excluding hydrogens is 522 g/mol. The van der Waals surface area contributed by atoms with Gasteiger partial charge in [0.2, 0.25) is 5.91 Å². The number of nitrogens with zero attached hydrogens (tertiary/aromatic N) is 4. The lowest BCUT2D eigenvalue weighted by atomic mass is 10.0. The Morgan fingerprint density at radius 1 is 1.38 bits per heavy atom. The zero-order valence-electron chi connectivity index (χ0n) is 19.3. The molecule has 192 valence electrons. The molecule has 3 amide bonds. The smallest absolute Gasteiger partial charge is 0.276 e. The van der Waals surface area contributed by atoms with E-state index in [2.05, 4.69) is 15.5 Å². The molecule has 2 aliphatic heterocycles. The fourth-order valence-electron chi connectivity index (χ4n) is 3.72. The van der Waals surface area contributed by atoms with E-state index in [0.29, 0.717) is 17.7 Å². The first-order valence-electron chi connectivity index (χ1n) is 10.7. The van der Waals surface area contributed by atoms with Crippen molar-refractivity contribution in [2.45, 2.75) is 18.0 Å². The van der Waals surface area contributed by atoms with Crippen molar-refractivity contribution < 1.29 is 33.7 Å². The number of aliphatic carboxylic acids is 1. The number of nitrogens with two attached hydrogens (primary N) is 2. The number of oxime groups is 1. The Hall–Kier alpha value is -4.24. The average Bonchev–Trinajstić information content (AvgIpc) is 3.31. The number of pyridine rings is 1. The molecule has 5 N–H and O–H groups in total. The summed E-state index contributed by atoms with van der Waals surface area (Å²) in [5, 5.41) is 19.3. The molecule has 15 heteroatoms. The zero-order chi connectivity index (χ0) is 26.7. The van der Waals surface area contributed by atoms with Crippen molar-refractivity contribution in [1.29, 1.82) is 0 Å². The molecular formula is C22H21N7O6S2.